The van der Waals surface area contributed by atoms with Gasteiger partial charge in [-0.3, -0.25) is 14.4 Å². The lowest BCUT2D eigenvalue weighted by Crippen LogP contribution is -2.56. The molecule has 3 heterocycles. The first-order valence-electron chi connectivity index (χ1n) is 18.3. The molecule has 1 amide bonds. The van der Waals surface area contributed by atoms with Gasteiger partial charge in [-0.25, -0.2) is 0 Å². The first-order valence-corrected chi connectivity index (χ1v) is 18.3. The number of carbonyl (C=O) groups is 3. The van der Waals surface area contributed by atoms with Gasteiger partial charge in [0.1, 0.15) is 11.1 Å². The zero-order valence-corrected chi connectivity index (χ0v) is 29.4. The Morgan fingerprint density at radius 3 is 2.27 bits per heavy atom. The lowest BCUT2D eigenvalue weighted by atomic mass is 9.70. The molecule has 0 radical (unpaired) electrons. The summed E-state index contributed by atoms with van der Waals surface area (Å²) in [5, 5.41) is 29.6. The van der Waals surface area contributed by atoms with Crippen LogP contribution in [0.4, 0.5) is 0 Å². The average Bonchev–Trinajstić information content (AvgIpc) is 3.56. The van der Waals surface area contributed by atoms with Crippen molar-refractivity contribution in [3.8, 4) is 0 Å². The number of aliphatic hydroxyl groups excluding tert-OH is 2. The molecule has 2 fully saturated rings. The number of morpholine rings is 1. The second-order valence-corrected chi connectivity index (χ2v) is 15.6. The standard InChI is InChI=1S/C39H57N3O6/c1-26(2)19-33(43)35(45)30(20-28-11-7-5-8-12-28)31-24-41-39(36(31)46,21-27(3)4)32-25-40-38(37(32)47,22-29-13-9-6-10-14-29)23-34(44)42-15-17-48-18-16-42/h6,9-10,13-14,24-28,30,33,35,40-41,43,45H,5,7-8,11-12,15-23H2,1-4H3/t30-,33+,35-,38+,39+/m1/s1. The molecule has 4 aliphatic rings. The van der Waals surface area contributed by atoms with Gasteiger partial charge in [-0.1, -0.05) is 90.1 Å². The Kier molecular flexibility index (Phi) is 11.9. The van der Waals surface area contributed by atoms with Crippen LogP contribution in [0.5, 0.6) is 0 Å². The number of hydrogen-bond donors (Lipinski definition) is 4. The van der Waals surface area contributed by atoms with Crippen LogP contribution < -0.4 is 10.6 Å². The fraction of sp³-hybridized carbons (Fsp3) is 0.667. The number of Topliss-reactive ketones (excluding diaryl/α,β-unsaturated/α-hetero) is 2. The fourth-order valence-electron chi connectivity index (χ4n) is 8.42. The molecule has 4 N–H and O–H groups in total. The van der Waals surface area contributed by atoms with Crippen LogP contribution in [0.1, 0.15) is 91.0 Å². The predicted octanol–water partition coefficient (Wildman–Crippen LogP) is 4.47. The molecule has 5 rings (SSSR count). The zero-order chi connectivity index (χ0) is 34.5. The average molecular weight is 664 g/mol. The third kappa shape index (κ3) is 7.89. The number of ketones is 2. The molecule has 1 saturated heterocycles. The molecule has 0 bridgehead atoms. The zero-order valence-electron chi connectivity index (χ0n) is 29.4. The molecule has 1 aromatic carbocycles. The van der Waals surface area contributed by atoms with Gasteiger partial charge >= 0.3 is 0 Å². The first-order chi connectivity index (χ1) is 23.0. The monoisotopic (exact) mass is 663 g/mol. The van der Waals surface area contributed by atoms with Crippen molar-refractivity contribution >= 4 is 17.5 Å². The van der Waals surface area contributed by atoms with Crippen molar-refractivity contribution in [1.29, 1.82) is 0 Å². The van der Waals surface area contributed by atoms with Crippen LogP contribution in [0.3, 0.4) is 0 Å². The van der Waals surface area contributed by atoms with E-state index in [0.717, 1.165) is 31.2 Å². The number of nitrogens with zero attached hydrogens (tertiary/aromatic N) is 1. The van der Waals surface area contributed by atoms with E-state index in [1.165, 1.54) is 6.42 Å². The van der Waals surface area contributed by atoms with Crippen molar-refractivity contribution in [1.82, 2.24) is 15.5 Å². The predicted molar refractivity (Wildman–Crippen MR) is 186 cm³/mol. The fourth-order valence-corrected chi connectivity index (χ4v) is 8.42. The van der Waals surface area contributed by atoms with Gasteiger partial charge in [-0.2, -0.15) is 0 Å². The van der Waals surface area contributed by atoms with E-state index in [1.54, 1.807) is 17.3 Å². The number of ether oxygens (including phenoxy) is 1. The highest BCUT2D eigenvalue weighted by molar-refractivity contribution is 6.18. The minimum absolute atomic E-state index is 0.0443. The highest BCUT2D eigenvalue weighted by atomic mass is 16.5. The SMILES string of the molecule is CC(C)C[C@H](O)[C@H](O)[C@H](CC1CCCCC1)C1=CN[C@@](CC(C)C)(C2=CN[C@](CC(=O)N3CCOCC3)(Cc3ccccc3)C2=O)C1=O. The Morgan fingerprint density at radius 2 is 1.62 bits per heavy atom. The molecule has 1 aromatic rings. The van der Waals surface area contributed by atoms with E-state index in [2.05, 4.69) is 10.6 Å². The minimum atomic E-state index is -1.35. The molecule has 3 aliphatic heterocycles. The maximum absolute atomic E-state index is 14.9. The summed E-state index contributed by atoms with van der Waals surface area (Å²) in [7, 11) is 0. The van der Waals surface area contributed by atoms with Crippen LogP contribution in [0.2, 0.25) is 0 Å². The van der Waals surface area contributed by atoms with E-state index >= 15 is 0 Å². The molecular weight excluding hydrogens is 606 g/mol. The number of rotatable bonds is 14. The lowest BCUT2D eigenvalue weighted by Gasteiger charge is -2.36. The molecule has 0 unspecified atom stereocenters. The van der Waals surface area contributed by atoms with Gasteiger partial charge in [0, 0.05) is 49.0 Å². The molecule has 9 nitrogen and oxygen atoms in total. The highest BCUT2D eigenvalue weighted by Gasteiger charge is 2.57. The second-order valence-electron chi connectivity index (χ2n) is 15.6. The normalized spacial score (nSPS) is 27.0. The van der Waals surface area contributed by atoms with Crippen LogP contribution in [0.25, 0.3) is 0 Å². The summed E-state index contributed by atoms with van der Waals surface area (Å²) < 4.78 is 5.46. The van der Waals surface area contributed by atoms with Crippen molar-refractivity contribution < 1.29 is 29.3 Å². The highest BCUT2D eigenvalue weighted by Crippen LogP contribution is 2.44. The Morgan fingerprint density at radius 1 is 0.938 bits per heavy atom. The smallest absolute Gasteiger partial charge is 0.225 e. The van der Waals surface area contributed by atoms with Gasteiger partial charge in [-0.15, -0.1) is 0 Å². The number of hydrogen-bond acceptors (Lipinski definition) is 8. The van der Waals surface area contributed by atoms with Gasteiger partial charge in [0.2, 0.25) is 5.91 Å². The topological polar surface area (TPSA) is 128 Å². The molecule has 0 aromatic heterocycles. The minimum Gasteiger partial charge on any atom is -0.390 e. The van der Waals surface area contributed by atoms with Crippen molar-refractivity contribution in [3.63, 3.8) is 0 Å². The number of carbonyl (C=O) groups excluding carboxylic acids is 3. The van der Waals surface area contributed by atoms with Crippen LogP contribution in [-0.4, -0.2) is 82.2 Å². The molecular formula is C39H57N3O6. The number of benzene rings is 1. The van der Waals surface area contributed by atoms with Gasteiger partial charge < -0.3 is 30.5 Å². The second kappa shape index (κ2) is 15.7. The molecule has 0 spiro atoms. The summed E-state index contributed by atoms with van der Waals surface area (Å²) in [4.78, 5) is 45.3. The van der Waals surface area contributed by atoms with E-state index in [0.29, 0.717) is 69.1 Å². The number of nitrogens with one attached hydrogen (secondary N) is 2. The molecule has 1 saturated carbocycles. The van der Waals surface area contributed by atoms with Crippen molar-refractivity contribution in [2.24, 2.45) is 23.7 Å². The van der Waals surface area contributed by atoms with Crippen molar-refractivity contribution in [2.45, 2.75) is 115 Å². The van der Waals surface area contributed by atoms with E-state index in [1.807, 2.05) is 58.0 Å². The maximum atomic E-state index is 14.9. The summed E-state index contributed by atoms with van der Waals surface area (Å²) in [5.41, 5.74) is -0.904. The summed E-state index contributed by atoms with van der Waals surface area (Å²) in [6.45, 7) is 9.97. The lowest BCUT2D eigenvalue weighted by molar-refractivity contribution is -0.139. The summed E-state index contributed by atoms with van der Waals surface area (Å²) >= 11 is 0. The summed E-state index contributed by atoms with van der Waals surface area (Å²) in [6, 6.07) is 9.67. The van der Waals surface area contributed by atoms with Gasteiger partial charge in [0.15, 0.2) is 11.6 Å². The Balaban J connectivity index is 1.47. The van der Waals surface area contributed by atoms with Crippen LogP contribution in [-0.2, 0) is 25.5 Å². The van der Waals surface area contributed by atoms with Gasteiger partial charge in [0.05, 0.1) is 31.8 Å². The molecule has 48 heavy (non-hydrogen) atoms. The Bertz CT molecular complexity index is 1350. The quantitative estimate of drug-likeness (QED) is 0.230. The Labute approximate surface area is 286 Å². The number of aliphatic hydroxyl groups is 2. The van der Waals surface area contributed by atoms with E-state index in [4.69, 9.17) is 4.74 Å². The third-order valence-corrected chi connectivity index (χ3v) is 10.9. The van der Waals surface area contributed by atoms with Crippen molar-refractivity contribution in [2.75, 3.05) is 26.3 Å². The van der Waals surface area contributed by atoms with Crippen LogP contribution in [0, 0.1) is 23.7 Å². The van der Waals surface area contributed by atoms with E-state index in [9.17, 15) is 24.6 Å². The maximum Gasteiger partial charge on any atom is 0.225 e. The summed E-state index contributed by atoms with van der Waals surface area (Å²) in [6.07, 6.45) is 8.52. The number of amides is 1. The van der Waals surface area contributed by atoms with Gasteiger partial charge in [-0.05, 0) is 42.6 Å². The van der Waals surface area contributed by atoms with Gasteiger partial charge in [0.25, 0.3) is 0 Å². The van der Waals surface area contributed by atoms with Crippen LogP contribution >= 0.6 is 0 Å². The van der Waals surface area contributed by atoms with E-state index in [-0.39, 0.29) is 35.7 Å². The molecule has 264 valence electrons. The first kappa shape index (κ1) is 36.3. The van der Waals surface area contributed by atoms with Crippen molar-refractivity contribution in [3.05, 3.63) is 59.4 Å². The molecule has 9 heteroatoms. The summed E-state index contributed by atoms with van der Waals surface area (Å²) in [5.74, 6) is -0.563. The van der Waals surface area contributed by atoms with E-state index < -0.39 is 29.2 Å². The largest absolute Gasteiger partial charge is 0.390 e. The molecule has 5 atom stereocenters. The van der Waals surface area contributed by atoms with Crippen LogP contribution in [0.15, 0.2) is 53.9 Å². The third-order valence-electron chi connectivity index (χ3n) is 10.9. The Hall–Kier alpha value is -3.01. The molecule has 1 aliphatic carbocycles.